The van der Waals surface area contributed by atoms with Crippen LogP contribution in [0.1, 0.15) is 25.8 Å². The Morgan fingerprint density at radius 3 is 2.58 bits per heavy atom. The molecule has 1 aromatic carbocycles. The molecule has 5 N–H and O–H groups in total. The molecule has 0 radical (unpaired) electrons. The minimum absolute atomic E-state index is 0.0287. The van der Waals surface area contributed by atoms with E-state index in [4.69, 9.17) is 15.1 Å². The average Bonchev–Trinajstić information content (AvgIpc) is 2.72. The van der Waals surface area contributed by atoms with Gasteiger partial charge in [0.25, 0.3) is 7.48 Å². The minimum Gasteiger partial charge on any atom is -0.490 e. The fraction of sp³-hybridized carbons (Fsp3) is 0.476. The topological polar surface area (TPSA) is 140 Å². The molecule has 0 aliphatic carbocycles. The number of nitrogens with two attached hydrogens (primary N) is 1. The molecule has 2 bridgehead atoms. The number of carbonyl (C=O) groups is 3. The number of aliphatic carboxylic acids is 1. The molecule has 9 nitrogen and oxygen atoms in total. The number of rotatable bonds is 6. The van der Waals surface area contributed by atoms with E-state index in [0.717, 1.165) is 5.56 Å². The lowest BCUT2D eigenvalue weighted by Gasteiger charge is -2.24. The smallest absolute Gasteiger partial charge is 0.330 e. The van der Waals surface area contributed by atoms with Gasteiger partial charge in [0.1, 0.15) is 24.4 Å². The second kappa shape index (κ2) is 12.1. The van der Waals surface area contributed by atoms with Crippen LogP contribution < -0.4 is 21.1 Å². The Labute approximate surface area is 182 Å². The highest BCUT2D eigenvalue weighted by Gasteiger charge is 2.29. The lowest BCUT2D eigenvalue weighted by atomic mass is 9.75. The van der Waals surface area contributed by atoms with E-state index in [0.29, 0.717) is 18.6 Å². The van der Waals surface area contributed by atoms with Crippen LogP contribution in [-0.2, 0) is 25.5 Å². The van der Waals surface area contributed by atoms with E-state index in [1.54, 1.807) is 12.1 Å². The van der Waals surface area contributed by atoms with Gasteiger partial charge in [0, 0.05) is 5.82 Å². The van der Waals surface area contributed by atoms with Crippen molar-refractivity contribution in [2.45, 2.75) is 44.6 Å². The van der Waals surface area contributed by atoms with Gasteiger partial charge in [-0.25, -0.2) is 4.79 Å². The van der Waals surface area contributed by atoms with E-state index in [1.807, 2.05) is 26.0 Å². The molecule has 2 aliphatic heterocycles. The first-order chi connectivity index (χ1) is 14.8. The zero-order valence-corrected chi connectivity index (χ0v) is 17.9. The number of hydrogen-bond donors (Lipinski definition) is 4. The fourth-order valence-corrected chi connectivity index (χ4v) is 3.22. The Morgan fingerprint density at radius 2 is 1.97 bits per heavy atom. The monoisotopic (exact) mass is 431 g/mol. The Balaban J connectivity index is 2.34. The molecular weight excluding hydrogens is 401 g/mol. The Bertz CT molecular complexity index is 784. The molecule has 0 unspecified atom stereocenters. The van der Waals surface area contributed by atoms with E-state index < -0.39 is 29.8 Å². The molecule has 0 fully saturated rings. The molecular formula is C21H30BN3O6. The van der Waals surface area contributed by atoms with Gasteiger partial charge in [-0.1, -0.05) is 32.1 Å². The van der Waals surface area contributed by atoms with Crippen molar-refractivity contribution in [1.29, 1.82) is 0 Å². The van der Waals surface area contributed by atoms with Gasteiger partial charge < -0.3 is 30.9 Å². The van der Waals surface area contributed by atoms with Crippen LogP contribution in [0.15, 0.2) is 36.4 Å². The summed E-state index contributed by atoms with van der Waals surface area (Å²) in [4.78, 5) is 37.4. The van der Waals surface area contributed by atoms with Gasteiger partial charge in [-0.2, -0.15) is 0 Å². The van der Waals surface area contributed by atoms with Crippen LogP contribution in [0.5, 0.6) is 5.75 Å². The number of ether oxygens (including phenoxy) is 1. The van der Waals surface area contributed by atoms with Crippen LogP contribution in [0.25, 0.3) is 0 Å². The molecule has 0 saturated heterocycles. The van der Waals surface area contributed by atoms with Crippen molar-refractivity contribution < 1.29 is 28.9 Å². The summed E-state index contributed by atoms with van der Waals surface area (Å²) in [6, 6.07) is 5.15. The van der Waals surface area contributed by atoms with Gasteiger partial charge in [0.05, 0.1) is 6.73 Å². The van der Waals surface area contributed by atoms with Gasteiger partial charge >= 0.3 is 5.97 Å². The van der Waals surface area contributed by atoms with Crippen LogP contribution in [0.2, 0.25) is 5.82 Å². The Hall–Kier alpha value is -2.85. The molecule has 2 aliphatic rings. The number of fused-ring (bicyclic) bond motifs is 12. The van der Waals surface area contributed by atoms with E-state index in [2.05, 4.69) is 10.6 Å². The highest BCUT2D eigenvalue weighted by atomic mass is 16.5. The van der Waals surface area contributed by atoms with Crippen molar-refractivity contribution in [3.05, 3.63) is 42.0 Å². The minimum atomic E-state index is -1.24. The summed E-state index contributed by atoms with van der Waals surface area (Å²) >= 11 is 0. The first-order valence-corrected chi connectivity index (χ1v) is 10.3. The van der Waals surface area contributed by atoms with Gasteiger partial charge in [-0.3, -0.25) is 9.59 Å². The van der Waals surface area contributed by atoms with E-state index in [1.165, 1.54) is 12.2 Å². The van der Waals surface area contributed by atoms with Crippen molar-refractivity contribution in [3.63, 3.8) is 0 Å². The maximum atomic E-state index is 13.0. The summed E-state index contributed by atoms with van der Waals surface area (Å²) in [5, 5.41) is 14.7. The van der Waals surface area contributed by atoms with Crippen LogP contribution in [0, 0.1) is 5.92 Å². The predicted molar refractivity (Wildman–Crippen MR) is 117 cm³/mol. The molecule has 1 aromatic rings. The molecule has 0 aromatic heterocycles. The summed E-state index contributed by atoms with van der Waals surface area (Å²) in [7, 11) is 0.0943. The van der Waals surface area contributed by atoms with Gasteiger partial charge in [-0.05, 0) is 42.5 Å². The summed E-state index contributed by atoms with van der Waals surface area (Å²) in [6.07, 6.45) is 3.64. The molecule has 3 atom stereocenters. The number of carboxylic acids is 1. The van der Waals surface area contributed by atoms with Gasteiger partial charge in [0.2, 0.25) is 11.8 Å². The number of nitrogens with one attached hydrogen (secondary N) is 2. The maximum absolute atomic E-state index is 13.0. The fourth-order valence-electron chi connectivity index (χ4n) is 3.22. The van der Waals surface area contributed by atoms with Crippen LogP contribution in [-0.4, -0.2) is 55.8 Å². The largest absolute Gasteiger partial charge is 0.490 e. The molecule has 31 heavy (non-hydrogen) atoms. The molecule has 2 amide bonds. The summed E-state index contributed by atoms with van der Waals surface area (Å²) in [5.41, 5.74) is 6.34. The van der Waals surface area contributed by atoms with Crippen molar-refractivity contribution in [1.82, 2.24) is 10.6 Å². The third kappa shape index (κ3) is 8.07. The van der Waals surface area contributed by atoms with Crippen molar-refractivity contribution in [2.75, 3.05) is 13.3 Å². The number of amides is 2. The average molecular weight is 431 g/mol. The summed E-state index contributed by atoms with van der Waals surface area (Å²) < 4.78 is 10.9. The van der Waals surface area contributed by atoms with Crippen LogP contribution in [0.4, 0.5) is 0 Å². The first-order valence-electron chi connectivity index (χ1n) is 10.3. The normalized spacial score (nSPS) is 23.5. The lowest BCUT2D eigenvalue weighted by Crippen LogP contribution is -2.52. The summed E-state index contributed by atoms with van der Waals surface area (Å²) in [5.74, 6) is -1.99. The first kappa shape index (κ1) is 24.4. The SMILES string of the molecule is CC(C)C[C@@H]1NC(=O)[C@@H](BOCN)Cc2ccc(cc2)OC/C=C/[C@@H](C(=O)O)NC1=O. The second-order valence-electron chi connectivity index (χ2n) is 7.84. The van der Waals surface area contributed by atoms with Crippen LogP contribution in [0.3, 0.4) is 0 Å². The van der Waals surface area contributed by atoms with E-state index in [-0.39, 0.29) is 32.6 Å². The third-order valence-electron chi connectivity index (χ3n) is 4.79. The third-order valence-corrected chi connectivity index (χ3v) is 4.79. The molecule has 3 rings (SSSR count). The second-order valence-corrected chi connectivity index (χ2v) is 7.84. The van der Waals surface area contributed by atoms with Crippen LogP contribution >= 0.6 is 0 Å². The molecule has 10 heteroatoms. The molecule has 0 saturated carbocycles. The van der Waals surface area contributed by atoms with Gasteiger partial charge in [-0.15, -0.1) is 0 Å². The summed E-state index contributed by atoms with van der Waals surface area (Å²) in [6.45, 7) is 3.96. The molecule has 168 valence electrons. The number of carboxylic acid groups (broad SMARTS) is 1. The Kier molecular flexibility index (Phi) is 9.55. The van der Waals surface area contributed by atoms with Crippen molar-refractivity contribution >= 4 is 25.3 Å². The van der Waals surface area contributed by atoms with E-state index >= 15 is 0 Å². The maximum Gasteiger partial charge on any atom is 0.330 e. The zero-order chi connectivity index (χ0) is 22.8. The van der Waals surface area contributed by atoms with Gasteiger partial charge in [0.15, 0.2) is 0 Å². The Morgan fingerprint density at radius 1 is 1.26 bits per heavy atom. The molecule has 2 heterocycles. The zero-order valence-electron chi connectivity index (χ0n) is 17.9. The number of hydrogen-bond acceptors (Lipinski definition) is 6. The quantitative estimate of drug-likeness (QED) is 0.290. The highest BCUT2D eigenvalue weighted by molar-refractivity contribution is 6.37. The van der Waals surface area contributed by atoms with Crippen molar-refractivity contribution in [2.24, 2.45) is 11.7 Å². The molecule has 0 spiro atoms. The standard InChI is InChI=1S/C21H30BN3O6/c1-13(2)10-18-20(27)24-17(21(28)29)4-3-9-30-15-7-5-14(6-8-15)11-16(19(26)25-18)22-31-12-23/h3-8,13,16-18,22H,9-12,23H2,1-2H3,(H,24,27)(H,25,26)(H,28,29)/b4-3+/t16-,17-,18-/m0/s1. The number of benzene rings is 1. The number of carbonyl (C=O) groups excluding carboxylic acids is 2. The van der Waals surface area contributed by atoms with Crippen molar-refractivity contribution in [3.8, 4) is 5.75 Å². The highest BCUT2D eigenvalue weighted by Crippen LogP contribution is 2.19. The predicted octanol–water partition coefficient (Wildman–Crippen LogP) is 0.351. The lowest BCUT2D eigenvalue weighted by molar-refractivity contribution is -0.140. The van der Waals surface area contributed by atoms with E-state index in [9.17, 15) is 19.5 Å².